The summed E-state index contributed by atoms with van der Waals surface area (Å²) in [6, 6.07) is 7.51. The molecule has 0 saturated heterocycles. The number of carbonyl (C=O) groups is 1. The van der Waals surface area contributed by atoms with Crippen molar-refractivity contribution in [1.29, 1.82) is 0 Å². The summed E-state index contributed by atoms with van der Waals surface area (Å²) < 4.78 is 0. The second-order valence-corrected chi connectivity index (χ2v) is 4.20. The zero-order valence-electron chi connectivity index (χ0n) is 9.97. The van der Waals surface area contributed by atoms with Crippen LogP contribution in [0.2, 0.25) is 0 Å². The van der Waals surface area contributed by atoms with Gasteiger partial charge in [0.2, 0.25) is 0 Å². The SMILES string of the molecule is C=CC(=O)C(O)Cc1ccc(CC(C)O)cc1. The first kappa shape index (κ1) is 13.6. The van der Waals surface area contributed by atoms with Crippen LogP contribution in [0.4, 0.5) is 0 Å². The van der Waals surface area contributed by atoms with Crippen molar-refractivity contribution >= 4 is 5.78 Å². The predicted octanol–water partition coefficient (Wildman–Crippen LogP) is 1.27. The van der Waals surface area contributed by atoms with Gasteiger partial charge in [-0.15, -0.1) is 0 Å². The number of hydrogen-bond acceptors (Lipinski definition) is 3. The lowest BCUT2D eigenvalue weighted by Crippen LogP contribution is -2.20. The average molecular weight is 234 g/mol. The molecule has 0 aromatic heterocycles. The van der Waals surface area contributed by atoms with Crippen molar-refractivity contribution in [3.8, 4) is 0 Å². The highest BCUT2D eigenvalue weighted by Gasteiger charge is 2.11. The minimum Gasteiger partial charge on any atom is -0.393 e. The summed E-state index contributed by atoms with van der Waals surface area (Å²) in [7, 11) is 0. The first-order valence-corrected chi connectivity index (χ1v) is 5.63. The summed E-state index contributed by atoms with van der Waals surface area (Å²) in [6.07, 6.45) is 0.643. The normalized spacial score (nSPS) is 14.1. The van der Waals surface area contributed by atoms with Crippen LogP contribution in [0.1, 0.15) is 18.1 Å². The summed E-state index contributed by atoms with van der Waals surface area (Å²) in [5.74, 6) is -0.363. The molecule has 3 heteroatoms. The average Bonchev–Trinajstić information content (AvgIpc) is 2.30. The minimum absolute atomic E-state index is 0.291. The third-order valence-electron chi connectivity index (χ3n) is 2.51. The maximum absolute atomic E-state index is 11.1. The van der Waals surface area contributed by atoms with Gasteiger partial charge in [-0.05, 0) is 30.5 Å². The second-order valence-electron chi connectivity index (χ2n) is 4.20. The van der Waals surface area contributed by atoms with E-state index in [2.05, 4.69) is 6.58 Å². The van der Waals surface area contributed by atoms with Gasteiger partial charge < -0.3 is 10.2 Å². The fourth-order valence-electron chi connectivity index (χ4n) is 1.61. The van der Waals surface area contributed by atoms with E-state index >= 15 is 0 Å². The first-order valence-electron chi connectivity index (χ1n) is 5.63. The van der Waals surface area contributed by atoms with E-state index in [0.717, 1.165) is 17.2 Å². The van der Waals surface area contributed by atoms with E-state index in [1.54, 1.807) is 6.92 Å². The van der Waals surface area contributed by atoms with Crippen LogP contribution in [-0.4, -0.2) is 28.2 Å². The first-order chi connectivity index (χ1) is 8.02. The molecule has 0 fully saturated rings. The smallest absolute Gasteiger partial charge is 0.183 e. The molecule has 0 aliphatic rings. The summed E-state index contributed by atoms with van der Waals surface area (Å²) in [4.78, 5) is 11.1. The fourth-order valence-corrected chi connectivity index (χ4v) is 1.61. The van der Waals surface area contributed by atoms with Crippen molar-refractivity contribution in [3.05, 3.63) is 48.0 Å². The lowest BCUT2D eigenvalue weighted by Gasteiger charge is -2.08. The summed E-state index contributed by atoms with van der Waals surface area (Å²) in [5, 5.41) is 18.8. The van der Waals surface area contributed by atoms with Crippen LogP contribution in [0.15, 0.2) is 36.9 Å². The van der Waals surface area contributed by atoms with Crippen LogP contribution in [0.3, 0.4) is 0 Å². The number of carbonyl (C=O) groups excluding carboxylic acids is 1. The topological polar surface area (TPSA) is 57.5 Å². The van der Waals surface area contributed by atoms with Gasteiger partial charge in [0, 0.05) is 6.42 Å². The number of ketones is 1. The Balaban J connectivity index is 2.62. The Hall–Kier alpha value is -1.45. The third kappa shape index (κ3) is 4.51. The Labute approximate surface area is 101 Å². The molecule has 0 aliphatic carbocycles. The van der Waals surface area contributed by atoms with Crippen LogP contribution in [-0.2, 0) is 17.6 Å². The van der Waals surface area contributed by atoms with Gasteiger partial charge >= 0.3 is 0 Å². The van der Waals surface area contributed by atoms with Crippen LogP contribution in [0.5, 0.6) is 0 Å². The molecule has 2 N–H and O–H groups in total. The Morgan fingerprint density at radius 1 is 1.24 bits per heavy atom. The summed E-state index contributed by atoms with van der Waals surface area (Å²) >= 11 is 0. The van der Waals surface area contributed by atoms with Gasteiger partial charge in [0.25, 0.3) is 0 Å². The van der Waals surface area contributed by atoms with E-state index < -0.39 is 6.10 Å². The zero-order valence-corrected chi connectivity index (χ0v) is 9.97. The molecule has 17 heavy (non-hydrogen) atoms. The Bertz CT molecular complexity index is 379. The molecule has 0 amide bonds. The van der Waals surface area contributed by atoms with Crippen molar-refractivity contribution in [2.45, 2.75) is 32.0 Å². The molecule has 1 aromatic carbocycles. The van der Waals surface area contributed by atoms with E-state index in [1.165, 1.54) is 0 Å². The van der Waals surface area contributed by atoms with Crippen molar-refractivity contribution < 1.29 is 15.0 Å². The zero-order chi connectivity index (χ0) is 12.8. The lowest BCUT2D eigenvalue weighted by atomic mass is 10.0. The predicted molar refractivity (Wildman–Crippen MR) is 66.7 cm³/mol. The highest BCUT2D eigenvalue weighted by Crippen LogP contribution is 2.09. The number of aliphatic hydroxyl groups is 2. The van der Waals surface area contributed by atoms with Gasteiger partial charge in [0.1, 0.15) is 6.10 Å². The van der Waals surface area contributed by atoms with Crippen molar-refractivity contribution in [2.24, 2.45) is 0 Å². The molecule has 2 unspecified atom stereocenters. The highest BCUT2D eigenvalue weighted by molar-refractivity contribution is 5.92. The van der Waals surface area contributed by atoms with E-state index in [4.69, 9.17) is 0 Å². The number of hydrogen-bond donors (Lipinski definition) is 2. The molecule has 3 nitrogen and oxygen atoms in total. The molecule has 92 valence electrons. The number of aliphatic hydroxyl groups excluding tert-OH is 2. The maximum Gasteiger partial charge on any atom is 0.183 e. The highest BCUT2D eigenvalue weighted by atomic mass is 16.3. The Morgan fingerprint density at radius 3 is 2.12 bits per heavy atom. The monoisotopic (exact) mass is 234 g/mol. The maximum atomic E-state index is 11.1. The van der Waals surface area contributed by atoms with Gasteiger partial charge in [-0.1, -0.05) is 30.8 Å². The molecule has 0 aliphatic heterocycles. The van der Waals surface area contributed by atoms with Crippen LogP contribution >= 0.6 is 0 Å². The van der Waals surface area contributed by atoms with Gasteiger partial charge in [-0.2, -0.15) is 0 Å². The molecular formula is C14H18O3. The molecular weight excluding hydrogens is 216 g/mol. The summed E-state index contributed by atoms with van der Waals surface area (Å²) in [6.45, 7) is 5.07. The van der Waals surface area contributed by atoms with Gasteiger partial charge in [0.05, 0.1) is 6.10 Å². The van der Waals surface area contributed by atoms with E-state index in [1.807, 2.05) is 24.3 Å². The third-order valence-corrected chi connectivity index (χ3v) is 2.51. The van der Waals surface area contributed by atoms with Crippen molar-refractivity contribution in [3.63, 3.8) is 0 Å². The van der Waals surface area contributed by atoms with Crippen molar-refractivity contribution in [1.82, 2.24) is 0 Å². The molecule has 1 rings (SSSR count). The molecule has 0 heterocycles. The van der Waals surface area contributed by atoms with Crippen molar-refractivity contribution in [2.75, 3.05) is 0 Å². The van der Waals surface area contributed by atoms with Crippen LogP contribution in [0.25, 0.3) is 0 Å². The fraction of sp³-hybridized carbons (Fsp3) is 0.357. The van der Waals surface area contributed by atoms with Gasteiger partial charge in [-0.3, -0.25) is 4.79 Å². The largest absolute Gasteiger partial charge is 0.393 e. The minimum atomic E-state index is -1.02. The Morgan fingerprint density at radius 2 is 1.71 bits per heavy atom. The van der Waals surface area contributed by atoms with Crippen LogP contribution in [0, 0.1) is 0 Å². The quantitative estimate of drug-likeness (QED) is 0.729. The lowest BCUT2D eigenvalue weighted by molar-refractivity contribution is -0.122. The Kier molecular flexibility index (Phi) is 5.07. The van der Waals surface area contributed by atoms with Gasteiger partial charge in [-0.25, -0.2) is 0 Å². The molecule has 0 radical (unpaired) electrons. The van der Waals surface area contributed by atoms with E-state index in [-0.39, 0.29) is 11.9 Å². The standard InChI is InChI=1S/C14H18O3/c1-3-13(16)14(17)9-12-6-4-11(5-7-12)8-10(2)15/h3-7,10,14-15,17H,1,8-9H2,2H3. The second kappa shape index (κ2) is 6.33. The molecule has 0 saturated carbocycles. The van der Waals surface area contributed by atoms with Gasteiger partial charge in [0.15, 0.2) is 5.78 Å². The molecule has 0 spiro atoms. The van der Waals surface area contributed by atoms with E-state index in [0.29, 0.717) is 12.8 Å². The van der Waals surface area contributed by atoms with E-state index in [9.17, 15) is 15.0 Å². The summed E-state index contributed by atoms with van der Waals surface area (Å²) in [5.41, 5.74) is 1.93. The van der Waals surface area contributed by atoms with Crippen LogP contribution < -0.4 is 0 Å². The molecule has 2 atom stereocenters. The number of benzene rings is 1. The number of rotatable bonds is 6. The molecule has 0 bridgehead atoms. The molecule has 1 aromatic rings.